The van der Waals surface area contributed by atoms with E-state index in [2.05, 4.69) is 24.1 Å². The van der Waals surface area contributed by atoms with E-state index in [-0.39, 0.29) is 17.1 Å². The van der Waals surface area contributed by atoms with Crippen LogP contribution in [0.25, 0.3) is 10.9 Å². The highest BCUT2D eigenvalue weighted by atomic mass is 16.6. The van der Waals surface area contributed by atoms with Gasteiger partial charge in [-0.05, 0) is 31.4 Å². The van der Waals surface area contributed by atoms with Crippen molar-refractivity contribution in [2.24, 2.45) is 16.1 Å². The second kappa shape index (κ2) is 8.92. The van der Waals surface area contributed by atoms with Crippen LogP contribution in [0.15, 0.2) is 46.6 Å². The zero-order valence-electron chi connectivity index (χ0n) is 17.7. The molecule has 1 aromatic heterocycles. The number of azo groups is 1. The number of hydrogen-bond donors (Lipinski definition) is 1. The van der Waals surface area contributed by atoms with Crippen molar-refractivity contribution in [2.45, 2.75) is 33.7 Å². The topological polar surface area (TPSA) is 153 Å². The number of fused-ring (bicyclic) bond motifs is 1. The van der Waals surface area contributed by atoms with Crippen molar-refractivity contribution in [2.75, 3.05) is 0 Å². The molecule has 0 bridgehead atoms. The van der Waals surface area contributed by atoms with Crippen molar-refractivity contribution in [3.63, 3.8) is 0 Å². The fourth-order valence-electron chi connectivity index (χ4n) is 3.23. The summed E-state index contributed by atoms with van der Waals surface area (Å²) in [5.74, 6) is -0.770. The maximum absolute atomic E-state index is 12.5. The van der Waals surface area contributed by atoms with Gasteiger partial charge in [-0.1, -0.05) is 25.5 Å². The second-order valence-corrected chi connectivity index (χ2v) is 7.78. The Hall–Kier alpha value is -4.15. The number of nitro groups is 2. The minimum Gasteiger partial charge on any atom is -0.493 e. The summed E-state index contributed by atoms with van der Waals surface area (Å²) in [4.78, 5) is 32.9. The van der Waals surface area contributed by atoms with Gasteiger partial charge in [0.1, 0.15) is 0 Å². The Bertz CT molecular complexity index is 1230. The van der Waals surface area contributed by atoms with E-state index in [0.717, 1.165) is 35.7 Å². The van der Waals surface area contributed by atoms with Gasteiger partial charge in [0.15, 0.2) is 5.69 Å². The molecule has 3 rings (SSSR count). The number of aromatic hydroxyl groups is 1. The van der Waals surface area contributed by atoms with Gasteiger partial charge in [0.05, 0.1) is 27.0 Å². The molecule has 0 saturated heterocycles. The minimum absolute atomic E-state index is 0.0840. The van der Waals surface area contributed by atoms with Gasteiger partial charge in [0.2, 0.25) is 5.88 Å². The first-order valence-corrected chi connectivity index (χ1v) is 9.80. The quantitative estimate of drug-likeness (QED) is 0.294. The lowest BCUT2D eigenvalue weighted by Gasteiger charge is -2.09. The van der Waals surface area contributed by atoms with Crippen molar-refractivity contribution in [3.05, 3.63) is 67.8 Å². The highest BCUT2D eigenvalue weighted by molar-refractivity contribution is 5.98. The Kier molecular flexibility index (Phi) is 6.28. The Labute approximate surface area is 182 Å². The molecule has 3 aromatic rings. The predicted octanol–water partition coefficient (Wildman–Crippen LogP) is 5.44. The first kappa shape index (κ1) is 22.5. The largest absolute Gasteiger partial charge is 0.493 e. The molecule has 0 fully saturated rings. The average molecular weight is 439 g/mol. The molecule has 11 heteroatoms. The minimum atomic E-state index is -1.01. The summed E-state index contributed by atoms with van der Waals surface area (Å²) < 4.78 is 1.69. The smallest absolute Gasteiger partial charge is 0.295 e. The van der Waals surface area contributed by atoms with Crippen LogP contribution < -0.4 is 0 Å². The molecule has 166 valence electrons. The molecule has 1 heterocycles. The van der Waals surface area contributed by atoms with E-state index in [1.807, 2.05) is 19.1 Å². The summed E-state index contributed by atoms with van der Waals surface area (Å²) in [5, 5.41) is 40.9. The maximum Gasteiger partial charge on any atom is 0.295 e. The normalized spacial score (nSPS) is 11.5. The van der Waals surface area contributed by atoms with E-state index < -0.39 is 27.1 Å². The maximum atomic E-state index is 12.5. The molecule has 0 aliphatic rings. The van der Waals surface area contributed by atoms with Gasteiger partial charge in [-0.15, -0.1) is 10.2 Å². The standard InChI is InChI=1S/C21H21N5O6/c1-12(2)6-7-24-18-5-4-13(3)8-17(18)19(21(24)28)22-23-20(27)14-9-15(25(29)30)11-16(10-14)26(31)32/h4-5,8-12,28H,6-7H2,1-3H3. The lowest BCUT2D eigenvalue weighted by Crippen LogP contribution is -2.00. The van der Waals surface area contributed by atoms with E-state index in [4.69, 9.17) is 0 Å². The Balaban J connectivity index is 2.04. The van der Waals surface area contributed by atoms with Gasteiger partial charge in [0, 0.05) is 24.1 Å². The molecule has 2 aromatic carbocycles. The number of nitro benzene ring substituents is 2. The van der Waals surface area contributed by atoms with Gasteiger partial charge in [-0.3, -0.25) is 25.0 Å². The van der Waals surface area contributed by atoms with Crippen LogP contribution in [0, 0.1) is 33.1 Å². The first-order valence-electron chi connectivity index (χ1n) is 9.80. The lowest BCUT2D eigenvalue weighted by molar-refractivity contribution is -0.394. The van der Waals surface area contributed by atoms with E-state index in [0.29, 0.717) is 17.8 Å². The van der Waals surface area contributed by atoms with Gasteiger partial charge >= 0.3 is 0 Å². The molecular formula is C21H21N5O6. The number of rotatable bonds is 7. The van der Waals surface area contributed by atoms with Crippen LogP contribution in [0.2, 0.25) is 0 Å². The van der Waals surface area contributed by atoms with Gasteiger partial charge in [-0.25, -0.2) is 0 Å². The molecular weight excluding hydrogens is 418 g/mol. The van der Waals surface area contributed by atoms with Gasteiger partial charge < -0.3 is 9.67 Å². The van der Waals surface area contributed by atoms with Crippen LogP contribution in [0.3, 0.4) is 0 Å². The van der Waals surface area contributed by atoms with E-state index in [1.165, 1.54) is 0 Å². The highest BCUT2D eigenvalue weighted by Gasteiger charge is 2.21. The fraction of sp³-hybridized carbons (Fsp3) is 0.286. The Morgan fingerprint density at radius 1 is 1.09 bits per heavy atom. The summed E-state index contributed by atoms with van der Waals surface area (Å²) in [6.07, 6.45) is 0.804. The molecule has 0 aliphatic heterocycles. The third-order valence-corrected chi connectivity index (χ3v) is 4.91. The van der Waals surface area contributed by atoms with Crippen LogP contribution in [0.5, 0.6) is 5.88 Å². The average Bonchev–Trinajstić information content (AvgIpc) is 2.99. The molecule has 0 saturated carbocycles. The summed E-state index contributed by atoms with van der Waals surface area (Å²) in [5.41, 5.74) is 0.148. The third-order valence-electron chi connectivity index (χ3n) is 4.91. The van der Waals surface area contributed by atoms with Crippen LogP contribution in [-0.2, 0) is 6.54 Å². The zero-order chi connectivity index (χ0) is 23.6. The van der Waals surface area contributed by atoms with Crippen LogP contribution in [0.1, 0.15) is 36.2 Å². The van der Waals surface area contributed by atoms with E-state index >= 15 is 0 Å². The number of carbonyl (C=O) groups is 1. The number of carbonyl (C=O) groups excluding carboxylic acids is 1. The Morgan fingerprint density at radius 3 is 2.28 bits per heavy atom. The molecule has 11 nitrogen and oxygen atoms in total. The number of aryl methyl sites for hydroxylation is 2. The van der Waals surface area contributed by atoms with Crippen LogP contribution in [-0.4, -0.2) is 25.4 Å². The molecule has 1 amide bonds. The number of amides is 1. The molecule has 32 heavy (non-hydrogen) atoms. The third kappa shape index (κ3) is 4.61. The zero-order valence-corrected chi connectivity index (χ0v) is 17.7. The predicted molar refractivity (Wildman–Crippen MR) is 116 cm³/mol. The van der Waals surface area contributed by atoms with Crippen LogP contribution >= 0.6 is 0 Å². The number of non-ortho nitro benzene ring substituents is 2. The lowest BCUT2D eigenvalue weighted by atomic mass is 10.1. The number of benzene rings is 2. The Morgan fingerprint density at radius 2 is 1.72 bits per heavy atom. The molecule has 0 spiro atoms. The molecule has 0 aliphatic carbocycles. The SMILES string of the molecule is Cc1ccc2c(c1)c(N=NC(=O)c1cc([N+](=O)[O-])cc([N+](=O)[O-])c1)c(O)n2CCC(C)C. The number of nitrogens with zero attached hydrogens (tertiary/aromatic N) is 5. The van der Waals surface area contributed by atoms with E-state index in [1.54, 1.807) is 10.6 Å². The fourth-order valence-corrected chi connectivity index (χ4v) is 3.23. The van der Waals surface area contributed by atoms with Crippen molar-refractivity contribution in [1.82, 2.24) is 4.57 Å². The summed E-state index contributed by atoms with van der Waals surface area (Å²) in [6.45, 7) is 6.52. The van der Waals surface area contributed by atoms with Crippen LogP contribution in [0.4, 0.5) is 17.1 Å². The number of hydrogen-bond acceptors (Lipinski definition) is 7. The summed E-state index contributed by atoms with van der Waals surface area (Å²) in [6, 6.07) is 8.08. The molecule has 1 N–H and O–H groups in total. The summed E-state index contributed by atoms with van der Waals surface area (Å²) >= 11 is 0. The highest BCUT2D eigenvalue weighted by Crippen LogP contribution is 2.40. The van der Waals surface area contributed by atoms with E-state index in [9.17, 15) is 30.1 Å². The molecule has 0 unspecified atom stereocenters. The number of aromatic nitrogens is 1. The van der Waals surface area contributed by atoms with Crippen molar-refractivity contribution in [1.29, 1.82) is 0 Å². The van der Waals surface area contributed by atoms with Gasteiger partial charge in [0.25, 0.3) is 17.3 Å². The first-order chi connectivity index (χ1) is 15.1. The van der Waals surface area contributed by atoms with Crippen molar-refractivity contribution < 1.29 is 19.7 Å². The molecule has 0 radical (unpaired) electrons. The molecule has 0 atom stereocenters. The van der Waals surface area contributed by atoms with Crippen molar-refractivity contribution in [3.8, 4) is 5.88 Å². The van der Waals surface area contributed by atoms with Gasteiger partial charge in [-0.2, -0.15) is 0 Å². The van der Waals surface area contributed by atoms with Crippen molar-refractivity contribution >= 4 is 33.9 Å². The summed E-state index contributed by atoms with van der Waals surface area (Å²) in [7, 11) is 0. The second-order valence-electron chi connectivity index (χ2n) is 7.78. The monoisotopic (exact) mass is 439 g/mol.